The lowest BCUT2D eigenvalue weighted by Gasteiger charge is -2.09. The SMILES string of the molecule is COc1ccc(CC(=O)N/N=C/c2ccc(-c3cccc([N+](=O)[O-])c3)o2)cc1OC. The van der Waals surface area contributed by atoms with Gasteiger partial charge in [0.25, 0.3) is 5.69 Å². The van der Waals surface area contributed by atoms with Crippen molar-refractivity contribution < 1.29 is 23.6 Å². The quantitative estimate of drug-likeness (QED) is 0.345. The number of nitrogens with one attached hydrogen (secondary N) is 1. The molecular formula is C21H19N3O6. The number of carbonyl (C=O) groups excluding carboxylic acids is 1. The van der Waals surface area contributed by atoms with Crippen LogP contribution in [0.4, 0.5) is 5.69 Å². The van der Waals surface area contributed by atoms with E-state index < -0.39 is 4.92 Å². The zero-order chi connectivity index (χ0) is 21.5. The smallest absolute Gasteiger partial charge is 0.270 e. The molecule has 2 aromatic carbocycles. The third kappa shape index (κ3) is 5.02. The Morgan fingerprint density at radius 1 is 1.13 bits per heavy atom. The molecule has 1 N–H and O–H groups in total. The van der Waals surface area contributed by atoms with Crippen molar-refractivity contribution in [2.24, 2.45) is 5.10 Å². The molecule has 0 saturated carbocycles. The maximum absolute atomic E-state index is 12.1. The Labute approximate surface area is 172 Å². The van der Waals surface area contributed by atoms with Gasteiger partial charge in [-0.25, -0.2) is 5.43 Å². The molecule has 0 fully saturated rings. The minimum atomic E-state index is -0.469. The van der Waals surface area contributed by atoms with Crippen LogP contribution in [0, 0.1) is 10.1 Å². The van der Waals surface area contributed by atoms with Crippen LogP contribution in [-0.2, 0) is 11.2 Å². The van der Waals surface area contributed by atoms with Crippen LogP contribution in [0.3, 0.4) is 0 Å². The molecule has 0 spiro atoms. The number of carbonyl (C=O) groups is 1. The summed E-state index contributed by atoms with van der Waals surface area (Å²) in [6.07, 6.45) is 1.46. The lowest BCUT2D eigenvalue weighted by Crippen LogP contribution is -2.19. The normalized spacial score (nSPS) is 10.7. The average molecular weight is 409 g/mol. The molecular weight excluding hydrogens is 390 g/mol. The zero-order valence-corrected chi connectivity index (χ0v) is 16.3. The fourth-order valence-corrected chi connectivity index (χ4v) is 2.73. The first kappa shape index (κ1) is 20.6. The minimum Gasteiger partial charge on any atom is -0.493 e. The summed E-state index contributed by atoms with van der Waals surface area (Å²) in [6, 6.07) is 14.7. The van der Waals surface area contributed by atoms with Gasteiger partial charge in [-0.3, -0.25) is 14.9 Å². The summed E-state index contributed by atoms with van der Waals surface area (Å²) >= 11 is 0. The van der Waals surface area contributed by atoms with Crippen molar-refractivity contribution in [3.8, 4) is 22.8 Å². The Morgan fingerprint density at radius 2 is 1.93 bits per heavy atom. The largest absolute Gasteiger partial charge is 0.493 e. The van der Waals surface area contributed by atoms with Crippen molar-refractivity contribution >= 4 is 17.8 Å². The van der Waals surface area contributed by atoms with Gasteiger partial charge in [0.2, 0.25) is 5.91 Å². The number of rotatable bonds is 8. The van der Waals surface area contributed by atoms with Gasteiger partial charge in [-0.15, -0.1) is 0 Å². The lowest BCUT2D eigenvalue weighted by molar-refractivity contribution is -0.384. The molecule has 1 amide bonds. The Balaban J connectivity index is 1.60. The van der Waals surface area contributed by atoms with Crippen molar-refractivity contribution in [3.05, 3.63) is 76.0 Å². The van der Waals surface area contributed by atoms with E-state index in [4.69, 9.17) is 13.9 Å². The highest BCUT2D eigenvalue weighted by Gasteiger charge is 2.10. The molecule has 0 radical (unpaired) electrons. The molecule has 3 rings (SSSR count). The van der Waals surface area contributed by atoms with Gasteiger partial charge in [0, 0.05) is 17.7 Å². The molecule has 1 aromatic heterocycles. The molecule has 0 aliphatic rings. The summed E-state index contributed by atoms with van der Waals surface area (Å²) in [4.78, 5) is 22.5. The number of non-ortho nitro benzene ring substituents is 1. The van der Waals surface area contributed by atoms with E-state index in [9.17, 15) is 14.9 Å². The summed E-state index contributed by atoms with van der Waals surface area (Å²) in [6.45, 7) is 0. The summed E-state index contributed by atoms with van der Waals surface area (Å²) in [5, 5.41) is 14.8. The topological polar surface area (TPSA) is 116 Å². The number of hydrogen-bond donors (Lipinski definition) is 1. The van der Waals surface area contributed by atoms with Gasteiger partial charge < -0.3 is 13.9 Å². The Hall–Kier alpha value is -4.14. The molecule has 3 aromatic rings. The first-order valence-electron chi connectivity index (χ1n) is 8.87. The van der Waals surface area contributed by atoms with Gasteiger partial charge >= 0.3 is 0 Å². The highest BCUT2D eigenvalue weighted by Crippen LogP contribution is 2.28. The average Bonchev–Trinajstić information content (AvgIpc) is 3.22. The zero-order valence-electron chi connectivity index (χ0n) is 16.3. The lowest BCUT2D eigenvalue weighted by atomic mass is 10.1. The molecule has 154 valence electrons. The van der Waals surface area contributed by atoms with E-state index >= 15 is 0 Å². The summed E-state index contributed by atoms with van der Waals surface area (Å²) in [7, 11) is 3.06. The van der Waals surface area contributed by atoms with Crippen LogP contribution >= 0.6 is 0 Å². The number of benzene rings is 2. The summed E-state index contributed by atoms with van der Waals surface area (Å²) < 4.78 is 16.0. The van der Waals surface area contributed by atoms with Gasteiger partial charge in [0.15, 0.2) is 11.5 Å². The van der Waals surface area contributed by atoms with E-state index in [1.807, 2.05) is 0 Å². The third-order valence-electron chi connectivity index (χ3n) is 4.16. The second kappa shape index (κ2) is 9.37. The van der Waals surface area contributed by atoms with Crippen molar-refractivity contribution in [3.63, 3.8) is 0 Å². The van der Waals surface area contributed by atoms with E-state index in [1.54, 1.807) is 42.5 Å². The number of nitrogens with zero attached hydrogens (tertiary/aromatic N) is 2. The number of hydrogen-bond acceptors (Lipinski definition) is 7. The van der Waals surface area contributed by atoms with Crippen molar-refractivity contribution in [1.82, 2.24) is 5.43 Å². The first-order chi connectivity index (χ1) is 14.5. The molecule has 0 aliphatic carbocycles. The Morgan fingerprint density at radius 3 is 2.67 bits per heavy atom. The molecule has 30 heavy (non-hydrogen) atoms. The fourth-order valence-electron chi connectivity index (χ4n) is 2.73. The predicted octanol–water partition coefficient (Wildman–Crippen LogP) is 3.56. The number of nitro benzene ring substituents is 1. The van der Waals surface area contributed by atoms with Gasteiger partial charge in [-0.2, -0.15) is 5.10 Å². The monoisotopic (exact) mass is 409 g/mol. The second-order valence-corrected chi connectivity index (χ2v) is 6.17. The third-order valence-corrected chi connectivity index (χ3v) is 4.16. The molecule has 9 heteroatoms. The number of methoxy groups -OCH3 is 2. The standard InChI is InChI=1S/C21H19N3O6/c1-28-19-8-6-14(10-20(19)29-2)11-21(25)23-22-13-17-7-9-18(30-17)15-4-3-5-16(12-15)24(26)27/h3-10,12-13H,11H2,1-2H3,(H,23,25)/b22-13+. The van der Waals surface area contributed by atoms with Gasteiger partial charge in [-0.05, 0) is 29.8 Å². The molecule has 9 nitrogen and oxygen atoms in total. The van der Waals surface area contributed by atoms with Gasteiger partial charge in [0.05, 0.1) is 31.8 Å². The van der Waals surface area contributed by atoms with E-state index in [0.29, 0.717) is 28.6 Å². The maximum Gasteiger partial charge on any atom is 0.270 e. The number of amides is 1. The van der Waals surface area contributed by atoms with Crippen LogP contribution in [0.25, 0.3) is 11.3 Å². The molecule has 0 bridgehead atoms. The Bertz CT molecular complexity index is 1090. The van der Waals surface area contributed by atoms with Crippen LogP contribution in [0.15, 0.2) is 64.1 Å². The Kier molecular flexibility index (Phi) is 6.43. The second-order valence-electron chi connectivity index (χ2n) is 6.17. The fraction of sp³-hybridized carbons (Fsp3) is 0.143. The number of hydrazone groups is 1. The highest BCUT2D eigenvalue weighted by molar-refractivity contribution is 5.82. The molecule has 0 unspecified atom stereocenters. The predicted molar refractivity (Wildman–Crippen MR) is 110 cm³/mol. The highest BCUT2D eigenvalue weighted by atomic mass is 16.6. The number of ether oxygens (including phenoxy) is 2. The molecule has 0 aliphatic heterocycles. The van der Waals surface area contributed by atoms with E-state index in [-0.39, 0.29) is 18.0 Å². The molecule has 1 heterocycles. The summed E-state index contributed by atoms with van der Waals surface area (Å²) in [5.41, 5.74) is 3.71. The van der Waals surface area contributed by atoms with Gasteiger partial charge in [-0.1, -0.05) is 18.2 Å². The van der Waals surface area contributed by atoms with Gasteiger partial charge in [0.1, 0.15) is 11.5 Å². The minimum absolute atomic E-state index is 0.0263. The van der Waals surface area contributed by atoms with Crippen LogP contribution in [0.1, 0.15) is 11.3 Å². The van der Waals surface area contributed by atoms with Crippen LogP contribution < -0.4 is 14.9 Å². The van der Waals surface area contributed by atoms with Crippen LogP contribution in [-0.4, -0.2) is 31.3 Å². The number of furan rings is 1. The van der Waals surface area contributed by atoms with E-state index in [2.05, 4.69) is 10.5 Å². The van der Waals surface area contributed by atoms with E-state index in [0.717, 1.165) is 5.56 Å². The molecule has 0 atom stereocenters. The van der Waals surface area contributed by atoms with Crippen molar-refractivity contribution in [2.75, 3.05) is 14.2 Å². The molecule has 0 saturated heterocycles. The summed E-state index contributed by atoms with van der Waals surface area (Å²) in [5.74, 6) is 1.65. The van der Waals surface area contributed by atoms with Crippen LogP contribution in [0.5, 0.6) is 11.5 Å². The maximum atomic E-state index is 12.1. The van der Waals surface area contributed by atoms with Crippen molar-refractivity contribution in [1.29, 1.82) is 0 Å². The van der Waals surface area contributed by atoms with Crippen molar-refractivity contribution in [2.45, 2.75) is 6.42 Å². The van der Waals surface area contributed by atoms with E-state index in [1.165, 1.54) is 32.6 Å². The number of nitro groups is 1. The first-order valence-corrected chi connectivity index (χ1v) is 8.87. The van der Waals surface area contributed by atoms with Crippen LogP contribution in [0.2, 0.25) is 0 Å².